The van der Waals surface area contributed by atoms with Gasteiger partial charge in [-0.25, -0.2) is 0 Å². The quantitative estimate of drug-likeness (QED) is 0.593. The Labute approximate surface area is 132 Å². The summed E-state index contributed by atoms with van der Waals surface area (Å²) in [6.07, 6.45) is 1.98. The lowest BCUT2D eigenvalue weighted by Crippen LogP contribution is -2.29. The highest BCUT2D eigenvalue weighted by molar-refractivity contribution is 5.95. The van der Waals surface area contributed by atoms with Gasteiger partial charge in [0.2, 0.25) is 0 Å². The normalized spacial score (nSPS) is 11.9. The molecule has 0 aliphatic heterocycles. The highest BCUT2D eigenvalue weighted by atomic mass is 16.6. The number of aromatic amines is 1. The number of nitro benzene ring substituents is 1. The van der Waals surface area contributed by atoms with Crippen molar-refractivity contribution in [1.82, 2.24) is 25.9 Å². The molecule has 0 saturated heterocycles. The summed E-state index contributed by atoms with van der Waals surface area (Å²) in [5.74, 6) is -0.0149. The molecule has 1 amide bonds. The number of hydrogen-bond donors (Lipinski definition) is 2. The van der Waals surface area contributed by atoms with E-state index in [9.17, 15) is 14.9 Å². The average molecular weight is 318 g/mol. The molecule has 2 N–H and O–H groups in total. The molecule has 0 aliphatic rings. The van der Waals surface area contributed by atoms with Crippen molar-refractivity contribution >= 4 is 11.6 Å². The second-order valence-corrected chi connectivity index (χ2v) is 5.04. The monoisotopic (exact) mass is 318 g/mol. The molecule has 1 heterocycles. The molecule has 1 aromatic heterocycles. The van der Waals surface area contributed by atoms with Crippen molar-refractivity contribution in [3.05, 3.63) is 45.3 Å². The zero-order valence-corrected chi connectivity index (χ0v) is 12.9. The minimum atomic E-state index is -0.474. The number of nitrogens with zero attached hydrogens (tertiary/aromatic N) is 4. The van der Waals surface area contributed by atoms with Gasteiger partial charge in [0.1, 0.15) is 0 Å². The van der Waals surface area contributed by atoms with E-state index in [1.807, 2.05) is 13.8 Å². The van der Waals surface area contributed by atoms with Crippen molar-refractivity contribution in [2.45, 2.75) is 39.2 Å². The fourth-order valence-electron chi connectivity index (χ4n) is 2.29. The second kappa shape index (κ2) is 7.43. The molecule has 0 unspecified atom stereocenters. The van der Waals surface area contributed by atoms with Crippen molar-refractivity contribution in [3.63, 3.8) is 0 Å². The number of aryl methyl sites for hydroxylation is 1. The van der Waals surface area contributed by atoms with Crippen molar-refractivity contribution in [1.29, 1.82) is 0 Å². The molecule has 0 aliphatic carbocycles. The van der Waals surface area contributed by atoms with Crippen molar-refractivity contribution in [3.8, 4) is 0 Å². The van der Waals surface area contributed by atoms with Gasteiger partial charge in [-0.15, -0.1) is 10.2 Å². The van der Waals surface area contributed by atoms with Gasteiger partial charge in [-0.3, -0.25) is 14.9 Å². The summed E-state index contributed by atoms with van der Waals surface area (Å²) in [4.78, 5) is 23.0. The van der Waals surface area contributed by atoms with Gasteiger partial charge in [-0.1, -0.05) is 31.5 Å². The van der Waals surface area contributed by atoms with Crippen LogP contribution in [0.15, 0.2) is 18.2 Å². The number of benzene rings is 1. The lowest BCUT2D eigenvalue weighted by molar-refractivity contribution is -0.385. The molecular formula is C14H18N6O3. The third-order valence-corrected chi connectivity index (χ3v) is 3.48. The summed E-state index contributed by atoms with van der Waals surface area (Å²) >= 11 is 0. The molecule has 0 fully saturated rings. The first-order valence-electron chi connectivity index (χ1n) is 7.38. The van der Waals surface area contributed by atoms with Crippen LogP contribution in [0.2, 0.25) is 0 Å². The maximum absolute atomic E-state index is 12.4. The largest absolute Gasteiger partial charge is 0.342 e. The number of carbonyl (C=O) groups excluding carboxylic acids is 1. The Balaban J connectivity index is 2.22. The molecule has 1 aromatic carbocycles. The van der Waals surface area contributed by atoms with Crippen LogP contribution in [0, 0.1) is 10.1 Å². The molecule has 0 spiro atoms. The smallest absolute Gasteiger partial charge is 0.273 e. The second-order valence-electron chi connectivity index (χ2n) is 5.04. The molecule has 9 nitrogen and oxygen atoms in total. The molecule has 0 bridgehead atoms. The Morgan fingerprint density at radius 2 is 2.22 bits per heavy atom. The van der Waals surface area contributed by atoms with E-state index in [1.165, 1.54) is 6.07 Å². The van der Waals surface area contributed by atoms with E-state index in [4.69, 9.17) is 0 Å². The van der Waals surface area contributed by atoms with E-state index < -0.39 is 16.9 Å². The van der Waals surface area contributed by atoms with E-state index in [2.05, 4.69) is 25.9 Å². The maximum Gasteiger partial charge on any atom is 0.273 e. The van der Waals surface area contributed by atoms with Gasteiger partial charge < -0.3 is 5.32 Å². The number of H-pyrrole nitrogens is 1. The molecule has 0 radical (unpaired) electrons. The van der Waals surface area contributed by atoms with Crippen LogP contribution in [-0.4, -0.2) is 31.5 Å². The Hall–Kier alpha value is -2.84. The van der Waals surface area contributed by atoms with Gasteiger partial charge in [0.05, 0.1) is 11.0 Å². The standard InChI is InChI=1S/C14H18N6O3/c1-3-5-11(13-16-18-19-17-13)15-14(21)10-7-6-9(4-2)12(8-10)20(22)23/h6-8,11H,3-5H2,1-2H3,(H,15,21)(H,16,17,18,19)/t11-/m0/s1. The Morgan fingerprint density at radius 1 is 1.43 bits per heavy atom. The third kappa shape index (κ3) is 3.87. The van der Waals surface area contributed by atoms with Crippen LogP contribution in [0.25, 0.3) is 0 Å². The fourth-order valence-corrected chi connectivity index (χ4v) is 2.29. The topological polar surface area (TPSA) is 127 Å². The first-order valence-corrected chi connectivity index (χ1v) is 7.38. The number of nitrogens with one attached hydrogen (secondary N) is 2. The maximum atomic E-state index is 12.4. The van der Waals surface area contributed by atoms with E-state index in [0.717, 1.165) is 6.42 Å². The summed E-state index contributed by atoms with van der Waals surface area (Å²) in [6, 6.07) is 4.10. The first kappa shape index (κ1) is 16.5. The summed E-state index contributed by atoms with van der Waals surface area (Å²) < 4.78 is 0. The molecule has 2 rings (SSSR count). The van der Waals surface area contributed by atoms with Crippen molar-refractivity contribution in [2.24, 2.45) is 0 Å². The summed E-state index contributed by atoms with van der Waals surface area (Å²) in [6.45, 7) is 3.80. The van der Waals surface area contributed by atoms with Gasteiger partial charge in [0.25, 0.3) is 11.6 Å². The van der Waals surface area contributed by atoms with Gasteiger partial charge in [-0.2, -0.15) is 5.21 Å². The lowest BCUT2D eigenvalue weighted by Gasteiger charge is -2.14. The molecule has 9 heteroatoms. The Morgan fingerprint density at radius 3 is 2.78 bits per heavy atom. The Bertz CT molecular complexity index is 686. The molecule has 0 saturated carbocycles. The number of amides is 1. The molecular weight excluding hydrogens is 300 g/mol. The van der Waals surface area contributed by atoms with Crippen LogP contribution in [0.3, 0.4) is 0 Å². The number of aromatic nitrogens is 4. The van der Waals surface area contributed by atoms with Gasteiger partial charge in [-0.05, 0) is 18.9 Å². The van der Waals surface area contributed by atoms with E-state index in [-0.39, 0.29) is 11.3 Å². The summed E-state index contributed by atoms with van der Waals surface area (Å²) in [5.41, 5.74) is 0.778. The van der Waals surface area contributed by atoms with E-state index in [0.29, 0.717) is 24.2 Å². The van der Waals surface area contributed by atoms with Crippen LogP contribution in [-0.2, 0) is 6.42 Å². The number of tetrazole rings is 1. The predicted molar refractivity (Wildman–Crippen MR) is 81.8 cm³/mol. The number of rotatable bonds is 7. The number of hydrogen-bond acceptors (Lipinski definition) is 6. The lowest BCUT2D eigenvalue weighted by atomic mass is 10.1. The SMILES string of the molecule is CCC[C@H](NC(=O)c1ccc(CC)c([N+](=O)[O-])c1)c1nn[nH]n1. The van der Waals surface area contributed by atoms with Crippen molar-refractivity contribution < 1.29 is 9.72 Å². The molecule has 2 aromatic rings. The highest BCUT2D eigenvalue weighted by Crippen LogP contribution is 2.22. The van der Waals surface area contributed by atoms with Crippen LogP contribution in [0.5, 0.6) is 0 Å². The predicted octanol–water partition coefficient (Wildman–Crippen LogP) is 1.94. The first-order chi connectivity index (χ1) is 11.1. The zero-order valence-electron chi connectivity index (χ0n) is 12.9. The van der Waals surface area contributed by atoms with E-state index in [1.54, 1.807) is 12.1 Å². The average Bonchev–Trinajstić information content (AvgIpc) is 3.08. The van der Waals surface area contributed by atoms with Crippen LogP contribution in [0.4, 0.5) is 5.69 Å². The molecule has 23 heavy (non-hydrogen) atoms. The zero-order chi connectivity index (χ0) is 16.8. The van der Waals surface area contributed by atoms with Crippen LogP contribution < -0.4 is 5.32 Å². The fraction of sp³-hybridized carbons (Fsp3) is 0.429. The minimum absolute atomic E-state index is 0.0493. The Kier molecular flexibility index (Phi) is 5.34. The third-order valence-electron chi connectivity index (χ3n) is 3.48. The van der Waals surface area contributed by atoms with Gasteiger partial charge >= 0.3 is 0 Å². The molecule has 1 atom stereocenters. The summed E-state index contributed by atoms with van der Waals surface area (Å²) in [7, 11) is 0. The van der Waals surface area contributed by atoms with Crippen LogP contribution in [0.1, 0.15) is 54.5 Å². The number of nitro groups is 1. The molecule has 122 valence electrons. The van der Waals surface area contributed by atoms with Crippen LogP contribution >= 0.6 is 0 Å². The van der Waals surface area contributed by atoms with E-state index >= 15 is 0 Å². The summed E-state index contributed by atoms with van der Waals surface area (Å²) in [5, 5.41) is 27.5. The number of carbonyl (C=O) groups is 1. The highest BCUT2D eigenvalue weighted by Gasteiger charge is 2.21. The van der Waals surface area contributed by atoms with Gasteiger partial charge in [0.15, 0.2) is 5.82 Å². The van der Waals surface area contributed by atoms with Crippen molar-refractivity contribution in [2.75, 3.05) is 0 Å². The van der Waals surface area contributed by atoms with Gasteiger partial charge in [0, 0.05) is 17.2 Å². The minimum Gasteiger partial charge on any atom is -0.342 e.